The predicted octanol–water partition coefficient (Wildman–Crippen LogP) is -5.53. The van der Waals surface area contributed by atoms with E-state index in [1.54, 1.807) is 0 Å². The first kappa shape index (κ1) is 16.6. The van der Waals surface area contributed by atoms with E-state index in [2.05, 4.69) is 0 Å². The minimum Gasteiger partial charge on any atom is 1.00 e. The molecule has 0 rings (SSSR count). The summed E-state index contributed by atoms with van der Waals surface area (Å²) >= 11 is 0. The molecule has 5 heteroatoms. The van der Waals surface area contributed by atoms with Gasteiger partial charge in [-0.25, -0.2) is 0 Å². The van der Waals surface area contributed by atoms with Crippen molar-refractivity contribution < 1.29 is 44.6 Å². The summed E-state index contributed by atoms with van der Waals surface area (Å²) in [6, 6.07) is 0. The van der Waals surface area contributed by atoms with Crippen LogP contribution in [0.4, 0.5) is 0 Å². The fourth-order valence-corrected chi connectivity index (χ4v) is 0. The Balaban J connectivity index is -0.000000125. The molecule has 0 aromatic carbocycles. The molecule has 0 radical (unpaired) electrons. The molecule has 1 atom stereocenters. The van der Waals surface area contributed by atoms with E-state index in [4.69, 9.17) is 5.11 Å². The number of aliphatic carboxylic acids is 1. The molecule has 1 unspecified atom stereocenters. The molecule has 0 aromatic rings. The first-order valence-corrected chi connectivity index (χ1v) is 1.53. The zero-order valence-corrected chi connectivity index (χ0v) is 6.34. The van der Waals surface area contributed by atoms with Crippen LogP contribution in [-0.2, 0) is 4.79 Å². The van der Waals surface area contributed by atoms with Gasteiger partial charge in [0.25, 0.3) is 0 Å². The smallest absolute Gasteiger partial charge is 1.00 e. The average Bonchev–Trinajstić information content (AvgIpc) is 1.36. The van der Waals surface area contributed by atoms with Crippen molar-refractivity contribution in [2.24, 2.45) is 0 Å². The van der Waals surface area contributed by atoms with Crippen molar-refractivity contribution in [2.45, 2.75) is 13.0 Å². The fraction of sp³-hybridized carbons (Fsp3) is 0.667. The molecule has 0 saturated carbocycles. The normalized spacial score (nSPS) is 10.2. The van der Waals surface area contributed by atoms with Crippen LogP contribution in [0.5, 0.6) is 0 Å². The molecule has 0 aliphatic carbocycles. The van der Waals surface area contributed by atoms with E-state index in [0.29, 0.717) is 0 Å². The second-order valence-electron chi connectivity index (χ2n) is 0.995. The van der Waals surface area contributed by atoms with Crippen LogP contribution in [0, 0.1) is 0 Å². The number of aliphatic hydroxyl groups is 1. The van der Waals surface area contributed by atoms with Gasteiger partial charge in [0, 0.05) is 0 Å². The van der Waals surface area contributed by atoms with Crippen molar-refractivity contribution in [3.63, 3.8) is 0 Å². The molecule has 0 saturated heterocycles. The topological polar surface area (TPSA) is 60.4 Å². The van der Waals surface area contributed by atoms with E-state index in [1.165, 1.54) is 0 Å². The Morgan fingerprint density at radius 3 is 1.88 bits per heavy atom. The summed E-state index contributed by atoms with van der Waals surface area (Å²) in [6.45, 7) is 1.13. The zero-order valence-electron chi connectivity index (χ0n) is 4.34. The van der Waals surface area contributed by atoms with E-state index in [-0.39, 0.29) is 80.9 Å². The molecule has 1 N–H and O–H groups in total. The molecule has 0 aliphatic rings. The third-order valence-electron chi connectivity index (χ3n) is 0.341. The summed E-state index contributed by atoms with van der Waals surface area (Å²) in [5.74, 6) is -1.44. The van der Waals surface area contributed by atoms with Crippen LogP contribution in [0.15, 0.2) is 0 Å². The Labute approximate surface area is 113 Å². The number of rotatable bonds is 1. The van der Waals surface area contributed by atoms with Gasteiger partial charge in [0.1, 0.15) is 0 Å². The standard InChI is InChI=1S/C3H6O3.K.Na.H/c1-2(4)3(5)6;;;/h2,4H,1H3,(H,5,6);;;/q;;+1;/p-1. The van der Waals surface area contributed by atoms with Crippen LogP contribution in [-0.4, -0.2) is 68.6 Å². The number of carboxylic acid groups (broad SMARTS) is 1. The Morgan fingerprint density at radius 2 is 1.88 bits per heavy atom. The third-order valence-corrected chi connectivity index (χ3v) is 0.341. The van der Waals surface area contributed by atoms with Crippen molar-refractivity contribution in [1.82, 2.24) is 0 Å². The maximum atomic E-state index is 9.34. The van der Waals surface area contributed by atoms with Crippen LogP contribution in [0.25, 0.3) is 0 Å². The van der Waals surface area contributed by atoms with Gasteiger partial charge in [-0.05, 0) is 6.92 Å². The van der Waals surface area contributed by atoms with E-state index in [1.807, 2.05) is 0 Å². The molecule has 0 bridgehead atoms. The average molecular weight is 152 g/mol. The van der Waals surface area contributed by atoms with E-state index >= 15 is 0 Å². The van der Waals surface area contributed by atoms with Gasteiger partial charge in [-0.2, -0.15) is 0 Å². The van der Waals surface area contributed by atoms with Gasteiger partial charge in [0.2, 0.25) is 0 Å². The Bertz CT molecular complexity index is 65.5. The first-order valence-electron chi connectivity index (χ1n) is 1.53. The van der Waals surface area contributed by atoms with Gasteiger partial charge in [0.05, 0.1) is 12.1 Å². The Morgan fingerprint density at radius 1 is 1.75 bits per heavy atom. The molecular formula is C3H6KNaO3. The Hall–Kier alpha value is 2.07. The molecule has 3 nitrogen and oxygen atoms in total. The van der Waals surface area contributed by atoms with Crippen LogP contribution in [0.3, 0.4) is 0 Å². The number of aliphatic hydroxyl groups excluding tert-OH is 1. The third kappa shape index (κ3) is 10.9. The minimum absolute atomic E-state index is 0. The quantitative estimate of drug-likeness (QED) is 0.381. The van der Waals surface area contributed by atoms with Crippen LogP contribution in [0.1, 0.15) is 6.92 Å². The maximum absolute atomic E-state index is 9.34. The molecule has 0 aliphatic heterocycles. The summed E-state index contributed by atoms with van der Waals surface area (Å²) in [5.41, 5.74) is 0. The molecule has 0 aromatic heterocycles. The van der Waals surface area contributed by atoms with Gasteiger partial charge in [-0.1, -0.05) is 0 Å². The van der Waals surface area contributed by atoms with Crippen LogP contribution < -0.4 is 34.7 Å². The van der Waals surface area contributed by atoms with E-state index < -0.39 is 12.1 Å². The molecule has 38 valence electrons. The van der Waals surface area contributed by atoms with Gasteiger partial charge in [0.15, 0.2) is 0 Å². The molecule has 0 heterocycles. The molecular weight excluding hydrogens is 146 g/mol. The summed E-state index contributed by atoms with van der Waals surface area (Å²) in [5, 5.41) is 17.3. The number of carbonyl (C=O) groups excluding carboxylic acids is 1. The van der Waals surface area contributed by atoms with Crippen molar-refractivity contribution in [3.8, 4) is 0 Å². The molecule has 0 spiro atoms. The van der Waals surface area contributed by atoms with Gasteiger partial charge in [-0.15, -0.1) is 0 Å². The monoisotopic (exact) mass is 152 g/mol. The van der Waals surface area contributed by atoms with Gasteiger partial charge < -0.3 is 15.0 Å². The van der Waals surface area contributed by atoms with E-state index in [0.717, 1.165) is 6.92 Å². The number of carboxylic acids is 1. The second-order valence-corrected chi connectivity index (χ2v) is 0.995. The molecule has 0 amide bonds. The zero-order chi connectivity index (χ0) is 5.15. The second kappa shape index (κ2) is 9.07. The van der Waals surface area contributed by atoms with Crippen molar-refractivity contribution in [3.05, 3.63) is 0 Å². The van der Waals surface area contributed by atoms with Crippen molar-refractivity contribution >= 4 is 57.4 Å². The predicted molar refractivity (Wildman–Crippen MR) is 23.8 cm³/mol. The van der Waals surface area contributed by atoms with Crippen molar-refractivity contribution in [2.75, 3.05) is 0 Å². The largest absolute Gasteiger partial charge is 1.00 e. The molecule has 8 heavy (non-hydrogen) atoms. The van der Waals surface area contributed by atoms with Gasteiger partial charge in [-0.3, -0.25) is 0 Å². The summed E-state index contributed by atoms with van der Waals surface area (Å²) < 4.78 is 0. The van der Waals surface area contributed by atoms with E-state index in [9.17, 15) is 9.90 Å². The van der Waals surface area contributed by atoms with Crippen LogP contribution in [0.2, 0.25) is 0 Å². The van der Waals surface area contributed by atoms with Gasteiger partial charge >= 0.3 is 80.9 Å². The number of hydrogen-bond acceptors (Lipinski definition) is 3. The fourth-order valence-electron chi connectivity index (χ4n) is 0. The summed E-state index contributed by atoms with van der Waals surface area (Å²) in [7, 11) is 0. The Kier molecular flexibility index (Phi) is 18.8. The maximum Gasteiger partial charge on any atom is 1.00 e. The van der Waals surface area contributed by atoms with Crippen molar-refractivity contribution in [1.29, 1.82) is 0 Å². The number of hydrogen-bond donors (Lipinski definition) is 1. The molecule has 0 fully saturated rings. The SMILES string of the molecule is CC(O)C(=O)[O-].[KH].[Na+]. The summed E-state index contributed by atoms with van der Waals surface area (Å²) in [4.78, 5) is 9.34. The van der Waals surface area contributed by atoms with Crippen LogP contribution >= 0.6 is 0 Å². The number of carbonyl (C=O) groups is 1. The minimum atomic E-state index is -1.44. The summed E-state index contributed by atoms with van der Waals surface area (Å²) in [6.07, 6.45) is -1.34. The first-order chi connectivity index (χ1) is 2.64.